The molecule has 1 N–H and O–H groups in total. The molecule has 0 unspecified atom stereocenters. The number of anilines is 1. The normalized spacial score (nSPS) is 15.7. The van der Waals surface area contributed by atoms with Crippen molar-refractivity contribution in [2.75, 3.05) is 5.32 Å². The number of nitrogens with zero attached hydrogens (tertiary/aromatic N) is 2. The third-order valence-corrected chi connectivity index (χ3v) is 6.08. The Balaban J connectivity index is 1.95. The molecule has 0 saturated carbocycles. The maximum atomic E-state index is 5.65. The van der Waals surface area contributed by atoms with Gasteiger partial charge in [0.2, 0.25) is 0 Å². The van der Waals surface area contributed by atoms with Gasteiger partial charge in [0.15, 0.2) is 0 Å². The molecule has 0 atom stereocenters. The second kappa shape index (κ2) is 5.60. The third-order valence-electron chi connectivity index (χ3n) is 4.53. The van der Waals surface area contributed by atoms with Gasteiger partial charge in [0.1, 0.15) is 8.69 Å². The Bertz CT molecular complexity index is 762. The molecule has 0 bridgehead atoms. The van der Waals surface area contributed by atoms with Gasteiger partial charge in [-0.1, -0.05) is 38.2 Å². The number of fused-ring (bicyclic) bond motifs is 1. The van der Waals surface area contributed by atoms with Crippen molar-refractivity contribution in [3.63, 3.8) is 0 Å². The first-order chi connectivity index (χ1) is 10.3. The number of benzene rings is 1. The van der Waals surface area contributed by atoms with Crippen LogP contribution in [-0.4, -0.2) is 14.8 Å². The summed E-state index contributed by atoms with van der Waals surface area (Å²) in [6.45, 7) is 6.63. The standard InChI is InChI=1S/C17H20IN3S/c1-10-14(15(18)21(4)20-10)16(22)19-13-7-5-6-12-11(13)8-9-17(12,2)3/h5-7H,8-9H2,1-4H3,(H,19,22). The average molecular weight is 425 g/mol. The van der Waals surface area contributed by atoms with E-state index in [2.05, 4.69) is 65.1 Å². The van der Waals surface area contributed by atoms with Crippen molar-refractivity contribution in [3.8, 4) is 0 Å². The predicted octanol–water partition coefficient (Wildman–Crippen LogP) is 4.34. The summed E-state index contributed by atoms with van der Waals surface area (Å²) in [6, 6.07) is 6.50. The number of nitrogens with one attached hydrogen (secondary N) is 1. The van der Waals surface area contributed by atoms with E-state index in [4.69, 9.17) is 12.2 Å². The van der Waals surface area contributed by atoms with Crippen LogP contribution in [0.5, 0.6) is 0 Å². The Kier molecular flexibility index (Phi) is 4.05. The fourth-order valence-corrected chi connectivity index (χ4v) is 4.56. The maximum absolute atomic E-state index is 5.65. The minimum atomic E-state index is 0.257. The Morgan fingerprint density at radius 3 is 2.77 bits per heavy atom. The van der Waals surface area contributed by atoms with E-state index in [0.29, 0.717) is 0 Å². The summed E-state index contributed by atoms with van der Waals surface area (Å²) in [4.78, 5) is 0.758. The molecule has 0 amide bonds. The van der Waals surface area contributed by atoms with E-state index < -0.39 is 0 Å². The molecule has 22 heavy (non-hydrogen) atoms. The zero-order valence-electron chi connectivity index (χ0n) is 13.3. The van der Waals surface area contributed by atoms with Crippen molar-refractivity contribution in [1.29, 1.82) is 0 Å². The summed E-state index contributed by atoms with van der Waals surface area (Å²) < 4.78 is 2.94. The Hall–Kier alpha value is -0.950. The number of aromatic nitrogens is 2. The van der Waals surface area contributed by atoms with Crippen molar-refractivity contribution >= 4 is 45.5 Å². The van der Waals surface area contributed by atoms with Gasteiger partial charge in [-0.05, 0) is 65.0 Å². The molecule has 0 fully saturated rings. The van der Waals surface area contributed by atoms with Crippen molar-refractivity contribution < 1.29 is 0 Å². The fourth-order valence-electron chi connectivity index (χ4n) is 3.25. The number of hydrogen-bond donors (Lipinski definition) is 1. The molecule has 0 aliphatic heterocycles. The molecule has 1 aromatic heterocycles. The van der Waals surface area contributed by atoms with E-state index in [1.807, 2.05) is 18.7 Å². The molecule has 3 nitrogen and oxygen atoms in total. The zero-order valence-corrected chi connectivity index (χ0v) is 16.3. The van der Waals surface area contributed by atoms with E-state index >= 15 is 0 Å². The van der Waals surface area contributed by atoms with Gasteiger partial charge >= 0.3 is 0 Å². The first-order valence-electron chi connectivity index (χ1n) is 7.44. The molecular weight excluding hydrogens is 405 g/mol. The van der Waals surface area contributed by atoms with E-state index in [1.165, 1.54) is 17.5 Å². The quantitative estimate of drug-likeness (QED) is 0.574. The highest BCUT2D eigenvalue weighted by Gasteiger charge is 2.31. The average Bonchev–Trinajstić information content (AvgIpc) is 2.88. The smallest absolute Gasteiger partial charge is 0.115 e. The first kappa shape index (κ1) is 15.9. The van der Waals surface area contributed by atoms with Crippen LogP contribution in [-0.2, 0) is 18.9 Å². The summed E-state index contributed by atoms with van der Waals surface area (Å²) in [6.07, 6.45) is 2.30. The zero-order chi connectivity index (χ0) is 16.1. The van der Waals surface area contributed by atoms with Gasteiger partial charge in [-0.25, -0.2) is 0 Å². The van der Waals surface area contributed by atoms with Crippen LogP contribution in [0.1, 0.15) is 42.7 Å². The lowest BCUT2D eigenvalue weighted by atomic mass is 9.86. The Morgan fingerprint density at radius 2 is 2.14 bits per heavy atom. The molecule has 116 valence electrons. The van der Waals surface area contributed by atoms with Crippen LogP contribution in [0, 0.1) is 10.6 Å². The largest absolute Gasteiger partial charge is 0.346 e. The van der Waals surface area contributed by atoms with Gasteiger partial charge in [0.25, 0.3) is 0 Å². The summed E-state index contributed by atoms with van der Waals surface area (Å²) in [5, 5.41) is 7.92. The predicted molar refractivity (Wildman–Crippen MR) is 104 cm³/mol. The van der Waals surface area contributed by atoms with Gasteiger partial charge in [-0.3, -0.25) is 4.68 Å². The molecule has 1 heterocycles. The highest BCUT2D eigenvalue weighted by atomic mass is 127. The van der Waals surface area contributed by atoms with Crippen LogP contribution in [0.15, 0.2) is 18.2 Å². The molecule has 3 rings (SSSR count). The molecule has 0 radical (unpaired) electrons. The molecule has 2 aromatic rings. The third kappa shape index (κ3) is 2.58. The molecular formula is C17H20IN3S. The minimum absolute atomic E-state index is 0.257. The van der Waals surface area contributed by atoms with Crippen LogP contribution in [0.25, 0.3) is 0 Å². The number of rotatable bonds is 2. The van der Waals surface area contributed by atoms with E-state index in [-0.39, 0.29) is 5.41 Å². The highest BCUT2D eigenvalue weighted by molar-refractivity contribution is 14.1. The maximum Gasteiger partial charge on any atom is 0.115 e. The number of halogens is 1. The molecule has 1 aliphatic rings. The van der Waals surface area contributed by atoms with Gasteiger partial charge in [0.05, 0.1) is 11.3 Å². The van der Waals surface area contributed by atoms with E-state index in [9.17, 15) is 0 Å². The van der Waals surface area contributed by atoms with Gasteiger partial charge < -0.3 is 5.32 Å². The van der Waals surface area contributed by atoms with Crippen molar-refractivity contribution in [2.24, 2.45) is 7.05 Å². The molecule has 5 heteroatoms. The lowest BCUT2D eigenvalue weighted by molar-refractivity contribution is 0.522. The second-order valence-corrected chi connectivity index (χ2v) is 7.97. The van der Waals surface area contributed by atoms with Crippen LogP contribution < -0.4 is 5.32 Å². The Morgan fingerprint density at radius 1 is 1.41 bits per heavy atom. The number of aryl methyl sites for hydroxylation is 2. The molecule has 0 spiro atoms. The van der Waals surface area contributed by atoms with Crippen LogP contribution in [0.3, 0.4) is 0 Å². The Labute approximate surface area is 150 Å². The second-order valence-electron chi connectivity index (χ2n) is 6.54. The van der Waals surface area contributed by atoms with Gasteiger partial charge in [0, 0.05) is 12.7 Å². The minimum Gasteiger partial charge on any atom is -0.346 e. The van der Waals surface area contributed by atoms with Crippen molar-refractivity contribution in [3.05, 3.63) is 44.3 Å². The monoisotopic (exact) mass is 425 g/mol. The van der Waals surface area contributed by atoms with Gasteiger partial charge in [-0.2, -0.15) is 5.10 Å². The number of thiocarbonyl (C=S) groups is 1. The van der Waals surface area contributed by atoms with Crippen LogP contribution in [0.4, 0.5) is 5.69 Å². The topological polar surface area (TPSA) is 29.9 Å². The summed E-state index contributed by atoms with van der Waals surface area (Å²) in [7, 11) is 1.95. The summed E-state index contributed by atoms with van der Waals surface area (Å²) >= 11 is 7.95. The molecule has 1 aromatic carbocycles. The summed E-state index contributed by atoms with van der Waals surface area (Å²) in [5.41, 5.74) is 6.26. The highest BCUT2D eigenvalue weighted by Crippen LogP contribution is 2.41. The lowest BCUT2D eigenvalue weighted by Gasteiger charge is -2.19. The first-order valence-corrected chi connectivity index (χ1v) is 8.93. The van der Waals surface area contributed by atoms with Crippen LogP contribution >= 0.6 is 34.8 Å². The molecule has 1 aliphatic carbocycles. The SMILES string of the molecule is Cc1nn(C)c(I)c1C(=S)Nc1cccc2c1CCC2(C)C. The number of hydrogen-bond acceptors (Lipinski definition) is 2. The lowest BCUT2D eigenvalue weighted by Crippen LogP contribution is -2.15. The van der Waals surface area contributed by atoms with Crippen molar-refractivity contribution in [2.45, 2.75) is 39.0 Å². The van der Waals surface area contributed by atoms with Crippen molar-refractivity contribution in [1.82, 2.24) is 9.78 Å². The van der Waals surface area contributed by atoms with E-state index in [0.717, 1.165) is 32.1 Å². The fraction of sp³-hybridized carbons (Fsp3) is 0.412. The summed E-state index contributed by atoms with van der Waals surface area (Å²) in [5.74, 6) is 0. The molecule has 0 saturated heterocycles. The van der Waals surface area contributed by atoms with Gasteiger partial charge in [-0.15, -0.1) is 0 Å². The van der Waals surface area contributed by atoms with Crippen LogP contribution in [0.2, 0.25) is 0 Å². The van der Waals surface area contributed by atoms with E-state index in [1.54, 1.807) is 0 Å².